The van der Waals surface area contributed by atoms with Crippen LogP contribution in [0.25, 0.3) is 0 Å². The molecule has 0 atom stereocenters. The molecule has 0 saturated heterocycles. The van der Waals surface area contributed by atoms with Crippen molar-refractivity contribution in [2.75, 3.05) is 0 Å². The molecule has 0 aliphatic carbocycles. The summed E-state index contributed by atoms with van der Waals surface area (Å²) in [5, 5.41) is 0. The molecule has 58 valence electrons. The summed E-state index contributed by atoms with van der Waals surface area (Å²) in [6.45, 7) is 0.782. The first-order chi connectivity index (χ1) is 5.29. The van der Waals surface area contributed by atoms with Crippen molar-refractivity contribution in [2.45, 2.75) is 18.2 Å². The Hall–Kier alpha value is -0.288. The van der Waals surface area contributed by atoms with Crippen LogP contribution in [0.15, 0.2) is 30.3 Å². The van der Waals surface area contributed by atoms with Crippen LogP contribution in [0.3, 0.4) is 0 Å². The Kier molecular flexibility index (Phi) is 3.65. The van der Waals surface area contributed by atoms with Gasteiger partial charge in [-0.2, -0.15) is 0 Å². The second kappa shape index (κ2) is 4.56. The number of hydrogen-bond acceptors (Lipinski definition) is 1. The molecule has 0 aliphatic rings. The summed E-state index contributed by atoms with van der Waals surface area (Å²) < 4.78 is 5.57. The highest BCUT2D eigenvalue weighted by Crippen LogP contribution is 2.01. The lowest BCUT2D eigenvalue weighted by molar-refractivity contribution is 0.314. The fourth-order valence-electron chi connectivity index (χ4n) is 0.837. The fourth-order valence-corrected chi connectivity index (χ4v) is 1.36. The van der Waals surface area contributed by atoms with Gasteiger partial charge in [0.05, 0.1) is 0 Å². The Labute approximate surface area is 72.7 Å². The third kappa shape index (κ3) is 3.57. The third-order valence-electron chi connectivity index (χ3n) is 1.43. The van der Waals surface area contributed by atoms with E-state index in [1.54, 1.807) is 0 Å². The van der Waals surface area contributed by atoms with Gasteiger partial charge in [-0.25, -0.2) is 0 Å². The van der Waals surface area contributed by atoms with Crippen molar-refractivity contribution in [3.8, 4) is 0 Å². The topological polar surface area (TPSA) is 9.23 Å². The van der Waals surface area contributed by atoms with Gasteiger partial charge in [0.2, 0.25) is 0 Å². The minimum Gasteiger partial charge on any atom is -0.497 e. The third-order valence-corrected chi connectivity index (χ3v) is 2.26. The molecule has 0 spiro atoms. The molecule has 1 rings (SSSR count). The molecule has 11 heavy (non-hydrogen) atoms. The normalized spacial score (nSPS) is 9.64. The molecular formula is C9H13AlO. The molecule has 0 saturated carbocycles. The van der Waals surface area contributed by atoms with Gasteiger partial charge in [0.25, 0.3) is 0 Å². The molecule has 0 N–H and O–H groups in total. The van der Waals surface area contributed by atoms with Crippen molar-refractivity contribution in [3.63, 3.8) is 0 Å². The average Bonchev–Trinajstić information content (AvgIpc) is 2.03. The van der Waals surface area contributed by atoms with Gasteiger partial charge in [0, 0.05) is 6.61 Å². The van der Waals surface area contributed by atoms with Crippen LogP contribution in [0.1, 0.15) is 5.56 Å². The van der Waals surface area contributed by atoms with Gasteiger partial charge >= 0.3 is 14.5 Å². The van der Waals surface area contributed by atoms with Crippen LogP contribution in [-0.2, 0) is 10.4 Å². The van der Waals surface area contributed by atoms with E-state index in [0.29, 0.717) is 0 Å². The molecule has 0 aliphatic heterocycles. The van der Waals surface area contributed by atoms with Gasteiger partial charge < -0.3 is 3.79 Å². The summed E-state index contributed by atoms with van der Waals surface area (Å²) in [7, 11) is 0. The molecule has 0 bridgehead atoms. The van der Waals surface area contributed by atoms with Gasteiger partial charge in [0.1, 0.15) is 0 Å². The van der Waals surface area contributed by atoms with E-state index < -0.39 is 14.5 Å². The second-order valence-electron chi connectivity index (χ2n) is 2.85. The lowest BCUT2D eigenvalue weighted by atomic mass is 10.2. The van der Waals surface area contributed by atoms with E-state index in [-0.39, 0.29) is 0 Å². The Morgan fingerprint density at radius 1 is 1.18 bits per heavy atom. The average molecular weight is 164 g/mol. The molecule has 0 amide bonds. The monoisotopic (exact) mass is 164 g/mol. The van der Waals surface area contributed by atoms with E-state index in [1.165, 1.54) is 5.56 Å². The van der Waals surface area contributed by atoms with Gasteiger partial charge in [-0.05, 0) is 5.56 Å². The zero-order valence-corrected chi connectivity index (χ0v) is 8.23. The van der Waals surface area contributed by atoms with Crippen LogP contribution in [0.4, 0.5) is 0 Å². The fraction of sp³-hybridized carbons (Fsp3) is 0.333. The Morgan fingerprint density at radius 3 is 2.36 bits per heavy atom. The van der Waals surface area contributed by atoms with Gasteiger partial charge in [-0.15, -0.1) is 0 Å². The number of rotatable bonds is 3. The molecule has 0 aromatic heterocycles. The van der Waals surface area contributed by atoms with Crippen LogP contribution < -0.4 is 0 Å². The highest BCUT2D eigenvalue weighted by molar-refractivity contribution is 6.48. The largest absolute Gasteiger partial charge is 0.497 e. The van der Waals surface area contributed by atoms with Gasteiger partial charge in [-0.3, -0.25) is 0 Å². The Morgan fingerprint density at radius 2 is 1.82 bits per heavy atom. The van der Waals surface area contributed by atoms with Crippen molar-refractivity contribution in [3.05, 3.63) is 35.9 Å². The van der Waals surface area contributed by atoms with Crippen molar-refractivity contribution >= 4 is 14.5 Å². The minimum atomic E-state index is -0.840. The molecule has 0 fully saturated rings. The summed E-state index contributed by atoms with van der Waals surface area (Å²) >= 11 is -0.840. The molecule has 1 aromatic rings. The number of benzene rings is 1. The predicted molar refractivity (Wildman–Crippen MR) is 48.7 cm³/mol. The smallest absolute Gasteiger partial charge is 0.454 e. The lowest BCUT2D eigenvalue weighted by Crippen LogP contribution is -2.06. The summed E-state index contributed by atoms with van der Waals surface area (Å²) in [5.41, 5.74) is 1.27. The molecule has 0 heterocycles. The van der Waals surface area contributed by atoms with Crippen LogP contribution in [-0.4, -0.2) is 14.5 Å². The second-order valence-corrected chi connectivity index (χ2v) is 5.28. The highest BCUT2D eigenvalue weighted by atomic mass is 27.2. The summed E-state index contributed by atoms with van der Waals surface area (Å²) in [5.74, 6) is 4.37. The summed E-state index contributed by atoms with van der Waals surface area (Å²) in [6, 6.07) is 10.3. The van der Waals surface area contributed by atoms with E-state index in [1.807, 2.05) is 18.2 Å². The lowest BCUT2D eigenvalue weighted by Gasteiger charge is -2.03. The first-order valence-corrected chi connectivity index (χ1v) is 6.72. The highest BCUT2D eigenvalue weighted by Gasteiger charge is 2.02. The minimum absolute atomic E-state index is 0.782. The van der Waals surface area contributed by atoms with E-state index in [4.69, 9.17) is 3.79 Å². The van der Waals surface area contributed by atoms with E-state index >= 15 is 0 Å². The predicted octanol–water partition coefficient (Wildman–Crippen LogP) is 2.45. The maximum Gasteiger partial charge on any atom is 0.454 e. The van der Waals surface area contributed by atoms with Crippen LogP contribution in [0.2, 0.25) is 11.6 Å². The van der Waals surface area contributed by atoms with Crippen LogP contribution in [0, 0.1) is 0 Å². The first kappa shape index (κ1) is 8.81. The van der Waals surface area contributed by atoms with Gasteiger partial charge in [0.15, 0.2) is 0 Å². The van der Waals surface area contributed by atoms with E-state index in [9.17, 15) is 0 Å². The van der Waals surface area contributed by atoms with Crippen molar-refractivity contribution in [1.82, 2.24) is 0 Å². The quantitative estimate of drug-likeness (QED) is 0.623. The molecule has 0 radical (unpaired) electrons. The van der Waals surface area contributed by atoms with Crippen molar-refractivity contribution < 1.29 is 3.79 Å². The van der Waals surface area contributed by atoms with E-state index in [0.717, 1.165) is 6.61 Å². The van der Waals surface area contributed by atoms with Gasteiger partial charge in [-0.1, -0.05) is 41.9 Å². The molecule has 1 nitrogen and oxygen atoms in total. The van der Waals surface area contributed by atoms with Crippen LogP contribution >= 0.6 is 0 Å². The molecular weight excluding hydrogens is 151 g/mol. The maximum absolute atomic E-state index is 5.57. The van der Waals surface area contributed by atoms with Crippen molar-refractivity contribution in [1.29, 1.82) is 0 Å². The Bertz CT molecular complexity index is 196. The molecule has 0 unspecified atom stereocenters. The summed E-state index contributed by atoms with van der Waals surface area (Å²) in [4.78, 5) is 0. The zero-order chi connectivity index (χ0) is 8.10. The van der Waals surface area contributed by atoms with Crippen LogP contribution in [0.5, 0.6) is 0 Å². The maximum atomic E-state index is 5.57. The van der Waals surface area contributed by atoms with E-state index in [2.05, 4.69) is 23.7 Å². The first-order valence-electron chi connectivity index (χ1n) is 3.94. The van der Waals surface area contributed by atoms with Crippen molar-refractivity contribution in [2.24, 2.45) is 0 Å². The SMILES string of the molecule is [CH3][Al]([CH3])[O]Cc1ccccc1. The molecule has 1 aromatic carbocycles. The Balaban J connectivity index is 2.39. The molecule has 2 heteroatoms. The standard InChI is InChI=1S/C7H7O.2CH3.Al/c8-6-7-4-2-1-3-5-7;;;/h1-5H,6H2;2*1H3;/q-1;;;+1. The zero-order valence-electron chi connectivity index (χ0n) is 7.08. The number of hydrogen-bond donors (Lipinski definition) is 0. The summed E-state index contributed by atoms with van der Waals surface area (Å²) in [6.07, 6.45) is 0.